The molecular weight excluding hydrogens is 318 g/mol. The van der Waals surface area contributed by atoms with Gasteiger partial charge in [0.25, 0.3) is 0 Å². The molecule has 0 N–H and O–H groups in total. The van der Waals surface area contributed by atoms with Gasteiger partial charge in [0.1, 0.15) is 5.82 Å². The molecule has 2 nitrogen and oxygen atoms in total. The van der Waals surface area contributed by atoms with Gasteiger partial charge in [-0.1, -0.05) is 12.1 Å². The topological polar surface area (TPSA) is 17.8 Å². The van der Waals surface area contributed by atoms with Gasteiger partial charge in [0.2, 0.25) is 0 Å². The minimum absolute atomic E-state index is 0.200. The van der Waals surface area contributed by atoms with Crippen molar-refractivity contribution < 1.29 is 4.39 Å². The Morgan fingerprint density at radius 3 is 2.69 bits per heavy atom. The predicted molar refractivity (Wildman–Crippen MR) is 69.9 cm³/mol. The maximum atomic E-state index is 13.0. The van der Waals surface area contributed by atoms with Crippen LogP contribution in [0.2, 0.25) is 0 Å². The lowest BCUT2D eigenvalue weighted by atomic mass is 10.2. The molecule has 16 heavy (non-hydrogen) atoms. The Hall–Kier alpha value is -0.910. The second-order valence-corrected chi connectivity index (χ2v) is 4.85. The van der Waals surface area contributed by atoms with Crippen molar-refractivity contribution >= 4 is 22.6 Å². The van der Waals surface area contributed by atoms with Gasteiger partial charge in [-0.15, -0.1) is 0 Å². The molecule has 0 radical (unpaired) electrons. The van der Waals surface area contributed by atoms with Crippen molar-refractivity contribution in [3.8, 4) is 0 Å². The van der Waals surface area contributed by atoms with Crippen LogP contribution in [0.15, 0.2) is 24.3 Å². The van der Waals surface area contributed by atoms with E-state index in [-0.39, 0.29) is 5.82 Å². The molecule has 1 aromatic heterocycles. The van der Waals surface area contributed by atoms with E-state index in [2.05, 4.69) is 27.7 Å². The molecule has 2 aromatic rings. The van der Waals surface area contributed by atoms with Gasteiger partial charge in [0.05, 0.1) is 15.8 Å². The molecule has 0 fully saturated rings. The number of benzene rings is 1. The molecule has 1 heterocycles. The Morgan fingerprint density at radius 1 is 1.38 bits per heavy atom. The quantitative estimate of drug-likeness (QED) is 0.773. The maximum absolute atomic E-state index is 13.0. The number of nitrogens with zero attached hydrogens (tertiary/aromatic N) is 2. The molecule has 0 aliphatic rings. The van der Waals surface area contributed by atoms with Gasteiger partial charge in [-0.2, -0.15) is 5.10 Å². The Labute approximate surface area is 108 Å². The van der Waals surface area contributed by atoms with Crippen LogP contribution in [-0.2, 0) is 6.54 Å². The van der Waals surface area contributed by atoms with Crippen LogP contribution in [0.1, 0.15) is 17.0 Å². The van der Waals surface area contributed by atoms with Crippen LogP contribution in [0.3, 0.4) is 0 Å². The standard InChI is InChI=1S/C12H12FIN2/c1-8-12(14)9(2)16(15-8)7-10-4-3-5-11(13)6-10/h3-6H,7H2,1-2H3. The highest BCUT2D eigenvalue weighted by molar-refractivity contribution is 14.1. The highest BCUT2D eigenvalue weighted by atomic mass is 127. The predicted octanol–water partition coefficient (Wildman–Crippen LogP) is 3.29. The van der Waals surface area contributed by atoms with Crippen LogP contribution >= 0.6 is 22.6 Å². The third-order valence-electron chi connectivity index (χ3n) is 2.51. The normalized spacial score (nSPS) is 10.8. The first-order chi connectivity index (χ1) is 7.58. The van der Waals surface area contributed by atoms with E-state index in [9.17, 15) is 4.39 Å². The second-order valence-electron chi connectivity index (χ2n) is 3.77. The average Bonchev–Trinajstić information content (AvgIpc) is 2.47. The number of halogens is 2. The van der Waals surface area contributed by atoms with Crippen molar-refractivity contribution in [2.45, 2.75) is 20.4 Å². The van der Waals surface area contributed by atoms with Crippen molar-refractivity contribution in [3.63, 3.8) is 0 Å². The Morgan fingerprint density at radius 2 is 2.12 bits per heavy atom. The molecule has 0 saturated heterocycles. The van der Waals surface area contributed by atoms with Crippen LogP contribution in [0.25, 0.3) is 0 Å². The summed E-state index contributed by atoms with van der Waals surface area (Å²) in [6.45, 7) is 4.63. The molecule has 0 bridgehead atoms. The van der Waals surface area contributed by atoms with Gasteiger partial charge < -0.3 is 0 Å². The molecular formula is C12H12FIN2. The van der Waals surface area contributed by atoms with Gasteiger partial charge in [0.15, 0.2) is 0 Å². The van der Waals surface area contributed by atoms with Crippen LogP contribution < -0.4 is 0 Å². The Kier molecular flexibility index (Phi) is 3.28. The minimum Gasteiger partial charge on any atom is -0.264 e. The zero-order chi connectivity index (χ0) is 11.7. The fourth-order valence-electron chi connectivity index (χ4n) is 1.64. The van der Waals surface area contributed by atoms with Crippen molar-refractivity contribution in [1.29, 1.82) is 0 Å². The largest absolute Gasteiger partial charge is 0.264 e. The smallest absolute Gasteiger partial charge is 0.123 e. The first kappa shape index (κ1) is 11.6. The van der Waals surface area contributed by atoms with Crippen LogP contribution in [0.5, 0.6) is 0 Å². The van der Waals surface area contributed by atoms with Crippen molar-refractivity contribution in [2.75, 3.05) is 0 Å². The molecule has 0 aliphatic carbocycles. The Balaban J connectivity index is 2.30. The molecule has 4 heteroatoms. The van der Waals surface area contributed by atoms with Gasteiger partial charge in [-0.25, -0.2) is 4.39 Å². The lowest BCUT2D eigenvalue weighted by molar-refractivity contribution is 0.615. The van der Waals surface area contributed by atoms with E-state index in [0.29, 0.717) is 6.54 Å². The first-order valence-electron chi connectivity index (χ1n) is 5.02. The zero-order valence-electron chi connectivity index (χ0n) is 9.17. The van der Waals surface area contributed by atoms with E-state index in [1.54, 1.807) is 12.1 Å². The molecule has 2 rings (SSSR count). The van der Waals surface area contributed by atoms with Gasteiger partial charge >= 0.3 is 0 Å². The highest BCUT2D eigenvalue weighted by Gasteiger charge is 2.08. The number of hydrogen-bond donors (Lipinski definition) is 0. The molecule has 0 aliphatic heterocycles. The molecule has 0 atom stereocenters. The number of rotatable bonds is 2. The van der Waals surface area contributed by atoms with Gasteiger partial charge in [-0.05, 0) is 54.1 Å². The summed E-state index contributed by atoms with van der Waals surface area (Å²) in [5.74, 6) is -0.200. The molecule has 84 valence electrons. The van der Waals surface area contributed by atoms with E-state index in [4.69, 9.17) is 0 Å². The molecule has 1 aromatic carbocycles. The van der Waals surface area contributed by atoms with Gasteiger partial charge in [0, 0.05) is 5.69 Å². The third kappa shape index (κ3) is 2.26. The molecule has 0 unspecified atom stereocenters. The zero-order valence-corrected chi connectivity index (χ0v) is 11.3. The summed E-state index contributed by atoms with van der Waals surface area (Å²) in [6.07, 6.45) is 0. The third-order valence-corrected chi connectivity index (χ3v) is 4.08. The minimum atomic E-state index is -0.200. The summed E-state index contributed by atoms with van der Waals surface area (Å²) in [5, 5.41) is 4.42. The van der Waals surface area contributed by atoms with E-state index < -0.39 is 0 Å². The molecule has 0 amide bonds. The summed E-state index contributed by atoms with van der Waals surface area (Å²) in [6, 6.07) is 6.63. The van der Waals surface area contributed by atoms with E-state index in [0.717, 1.165) is 17.0 Å². The molecule has 0 spiro atoms. The van der Waals surface area contributed by atoms with E-state index in [1.807, 2.05) is 24.6 Å². The second kappa shape index (κ2) is 4.53. The summed E-state index contributed by atoms with van der Waals surface area (Å²) in [4.78, 5) is 0. The van der Waals surface area contributed by atoms with Gasteiger partial charge in [-0.3, -0.25) is 4.68 Å². The van der Waals surface area contributed by atoms with Crippen LogP contribution in [0, 0.1) is 23.2 Å². The lowest BCUT2D eigenvalue weighted by Gasteiger charge is -2.04. The van der Waals surface area contributed by atoms with E-state index in [1.165, 1.54) is 9.64 Å². The van der Waals surface area contributed by atoms with Crippen LogP contribution in [-0.4, -0.2) is 9.78 Å². The Bertz CT molecular complexity index is 520. The fourth-order valence-corrected chi connectivity index (χ4v) is 2.02. The lowest BCUT2D eigenvalue weighted by Crippen LogP contribution is -2.04. The summed E-state index contributed by atoms with van der Waals surface area (Å²) in [7, 11) is 0. The number of hydrogen-bond acceptors (Lipinski definition) is 1. The molecule has 0 saturated carbocycles. The monoisotopic (exact) mass is 330 g/mol. The van der Waals surface area contributed by atoms with Crippen LogP contribution in [0.4, 0.5) is 4.39 Å². The SMILES string of the molecule is Cc1nn(Cc2cccc(F)c2)c(C)c1I. The van der Waals surface area contributed by atoms with Crippen molar-refractivity contribution in [3.05, 3.63) is 50.6 Å². The van der Waals surface area contributed by atoms with Crippen molar-refractivity contribution in [2.24, 2.45) is 0 Å². The summed E-state index contributed by atoms with van der Waals surface area (Å²) < 4.78 is 16.1. The summed E-state index contributed by atoms with van der Waals surface area (Å²) >= 11 is 2.28. The number of aromatic nitrogens is 2. The average molecular weight is 330 g/mol. The first-order valence-corrected chi connectivity index (χ1v) is 6.10. The maximum Gasteiger partial charge on any atom is 0.123 e. The fraction of sp³-hybridized carbons (Fsp3) is 0.250. The summed E-state index contributed by atoms with van der Waals surface area (Å²) in [5.41, 5.74) is 3.08. The van der Waals surface area contributed by atoms with E-state index >= 15 is 0 Å². The van der Waals surface area contributed by atoms with Crippen molar-refractivity contribution in [1.82, 2.24) is 9.78 Å². The number of aryl methyl sites for hydroxylation is 1. The highest BCUT2D eigenvalue weighted by Crippen LogP contribution is 2.16.